The van der Waals surface area contributed by atoms with E-state index in [1.807, 2.05) is 11.8 Å². The van der Waals surface area contributed by atoms with E-state index >= 15 is 0 Å². The number of hydrogen-bond acceptors (Lipinski definition) is 2. The summed E-state index contributed by atoms with van der Waals surface area (Å²) in [5.74, 6) is 1.18. The lowest BCUT2D eigenvalue weighted by Gasteiger charge is -2.02. The third-order valence-corrected chi connectivity index (χ3v) is 3.30. The maximum Gasteiger partial charge on any atom is 0.00721 e. The summed E-state index contributed by atoms with van der Waals surface area (Å²) in [5.41, 5.74) is 6.85. The zero-order valence-corrected chi connectivity index (χ0v) is 9.65. The third-order valence-electron chi connectivity index (χ3n) is 2.20. The first-order valence-corrected chi connectivity index (χ1v) is 6.27. The lowest BCUT2D eigenvalue weighted by molar-refractivity contribution is 0.814. The third kappa shape index (κ3) is 4.16. The van der Waals surface area contributed by atoms with Crippen LogP contribution in [0.5, 0.6) is 0 Å². The normalized spacial score (nSPS) is 10.4. The molecule has 14 heavy (non-hydrogen) atoms. The van der Waals surface area contributed by atoms with Gasteiger partial charge in [0.15, 0.2) is 0 Å². The van der Waals surface area contributed by atoms with Crippen molar-refractivity contribution in [3.63, 3.8) is 0 Å². The fraction of sp³-hybridized carbons (Fsp3) is 0.500. The molecule has 0 spiro atoms. The predicted octanol–water partition coefficient (Wildman–Crippen LogP) is 3.08. The summed E-state index contributed by atoms with van der Waals surface area (Å²) >= 11 is 1.92. The topological polar surface area (TPSA) is 26.0 Å². The molecule has 1 aromatic rings. The molecule has 0 unspecified atom stereocenters. The van der Waals surface area contributed by atoms with Gasteiger partial charge >= 0.3 is 0 Å². The monoisotopic (exact) mass is 209 g/mol. The summed E-state index contributed by atoms with van der Waals surface area (Å²) in [6.07, 6.45) is 3.48. The van der Waals surface area contributed by atoms with Crippen LogP contribution in [-0.2, 0) is 6.42 Å². The van der Waals surface area contributed by atoms with E-state index in [1.165, 1.54) is 22.6 Å². The molecule has 1 rings (SSSR count). The number of unbranched alkanes of at least 4 members (excludes halogenated alkanes) is 1. The molecule has 78 valence electrons. The summed E-state index contributed by atoms with van der Waals surface area (Å²) in [7, 11) is 0. The smallest absolute Gasteiger partial charge is 0.00721 e. The van der Waals surface area contributed by atoms with Crippen LogP contribution < -0.4 is 5.73 Å². The van der Waals surface area contributed by atoms with Crippen molar-refractivity contribution in [2.75, 3.05) is 12.3 Å². The minimum absolute atomic E-state index is 0.815. The molecule has 0 atom stereocenters. The van der Waals surface area contributed by atoms with E-state index < -0.39 is 0 Å². The van der Waals surface area contributed by atoms with Gasteiger partial charge in [-0.15, -0.1) is 11.8 Å². The quantitative estimate of drug-likeness (QED) is 0.575. The first kappa shape index (κ1) is 11.6. The molecule has 0 bridgehead atoms. The Balaban J connectivity index is 2.29. The Morgan fingerprint density at radius 1 is 1.14 bits per heavy atom. The van der Waals surface area contributed by atoms with Gasteiger partial charge in [-0.2, -0.15) is 0 Å². The molecular formula is C12H19NS. The van der Waals surface area contributed by atoms with Gasteiger partial charge in [-0.25, -0.2) is 0 Å². The van der Waals surface area contributed by atoms with Crippen molar-refractivity contribution in [2.45, 2.75) is 31.1 Å². The highest BCUT2D eigenvalue weighted by atomic mass is 32.2. The minimum atomic E-state index is 0.815. The number of rotatable bonds is 6. The molecule has 0 radical (unpaired) electrons. The van der Waals surface area contributed by atoms with E-state index in [9.17, 15) is 0 Å². The van der Waals surface area contributed by atoms with Crippen LogP contribution in [0.4, 0.5) is 0 Å². The predicted molar refractivity (Wildman–Crippen MR) is 64.8 cm³/mol. The van der Waals surface area contributed by atoms with Crippen LogP contribution in [0.1, 0.15) is 25.3 Å². The second-order valence-electron chi connectivity index (χ2n) is 3.34. The fourth-order valence-electron chi connectivity index (χ4n) is 1.26. The molecule has 0 fully saturated rings. The van der Waals surface area contributed by atoms with Gasteiger partial charge in [0.25, 0.3) is 0 Å². The Morgan fingerprint density at radius 2 is 1.86 bits per heavy atom. The zero-order valence-electron chi connectivity index (χ0n) is 8.83. The largest absolute Gasteiger partial charge is 0.330 e. The molecule has 0 heterocycles. The Hall–Kier alpha value is -0.470. The Kier molecular flexibility index (Phi) is 5.72. The van der Waals surface area contributed by atoms with Crippen LogP contribution in [0, 0.1) is 0 Å². The molecule has 1 nitrogen and oxygen atoms in total. The number of nitrogens with two attached hydrogens (primary N) is 1. The maximum atomic E-state index is 5.44. The standard InChI is InChI=1S/C12H19NS/c1-2-11-5-7-12(8-6-11)14-10-4-3-9-13/h5-8H,2-4,9-10,13H2,1H3. The minimum Gasteiger partial charge on any atom is -0.330 e. The first-order valence-electron chi connectivity index (χ1n) is 5.28. The van der Waals surface area contributed by atoms with Crippen molar-refractivity contribution < 1.29 is 0 Å². The molecule has 1 aromatic carbocycles. The van der Waals surface area contributed by atoms with Gasteiger partial charge in [0.1, 0.15) is 0 Å². The van der Waals surface area contributed by atoms with Crippen molar-refractivity contribution in [2.24, 2.45) is 5.73 Å². The molecule has 2 N–H and O–H groups in total. The molecule has 0 saturated carbocycles. The molecule has 0 amide bonds. The van der Waals surface area contributed by atoms with Crippen LogP contribution in [-0.4, -0.2) is 12.3 Å². The summed E-state index contributed by atoms with van der Waals surface area (Å²) in [5, 5.41) is 0. The van der Waals surface area contributed by atoms with Gasteiger partial charge in [0.05, 0.1) is 0 Å². The SMILES string of the molecule is CCc1ccc(SCCCCN)cc1. The zero-order chi connectivity index (χ0) is 10.2. The van der Waals surface area contributed by atoms with Crippen molar-refractivity contribution in [3.8, 4) is 0 Å². The highest BCUT2D eigenvalue weighted by molar-refractivity contribution is 7.99. The molecule has 0 aliphatic rings. The molecule has 0 aromatic heterocycles. The molecule has 0 aliphatic carbocycles. The van der Waals surface area contributed by atoms with Crippen molar-refractivity contribution >= 4 is 11.8 Å². The van der Waals surface area contributed by atoms with Gasteiger partial charge in [-0.1, -0.05) is 19.1 Å². The van der Waals surface area contributed by atoms with Gasteiger partial charge in [0, 0.05) is 4.90 Å². The Labute approximate surface area is 91.1 Å². The summed E-state index contributed by atoms with van der Waals surface area (Å²) in [4.78, 5) is 1.37. The average Bonchev–Trinajstić information content (AvgIpc) is 2.25. The van der Waals surface area contributed by atoms with Gasteiger partial charge < -0.3 is 5.73 Å². The fourth-order valence-corrected chi connectivity index (χ4v) is 2.17. The van der Waals surface area contributed by atoms with E-state index in [1.54, 1.807) is 0 Å². The van der Waals surface area contributed by atoms with Gasteiger partial charge in [-0.3, -0.25) is 0 Å². The highest BCUT2D eigenvalue weighted by Gasteiger charge is 1.94. The van der Waals surface area contributed by atoms with Gasteiger partial charge in [0.2, 0.25) is 0 Å². The molecule has 2 heteroatoms. The number of aryl methyl sites for hydroxylation is 1. The van der Waals surface area contributed by atoms with E-state index in [4.69, 9.17) is 5.73 Å². The van der Waals surface area contributed by atoms with Crippen LogP contribution in [0.2, 0.25) is 0 Å². The van der Waals surface area contributed by atoms with E-state index in [2.05, 4.69) is 31.2 Å². The van der Waals surface area contributed by atoms with E-state index in [0.717, 1.165) is 19.4 Å². The number of thioether (sulfide) groups is 1. The first-order chi connectivity index (χ1) is 6.86. The van der Waals surface area contributed by atoms with Crippen molar-refractivity contribution in [1.29, 1.82) is 0 Å². The Morgan fingerprint density at radius 3 is 2.43 bits per heavy atom. The van der Waals surface area contributed by atoms with E-state index in [0.29, 0.717) is 0 Å². The number of benzene rings is 1. The van der Waals surface area contributed by atoms with Crippen LogP contribution in [0.25, 0.3) is 0 Å². The summed E-state index contributed by atoms with van der Waals surface area (Å²) < 4.78 is 0. The van der Waals surface area contributed by atoms with Crippen LogP contribution in [0.15, 0.2) is 29.2 Å². The van der Waals surface area contributed by atoms with Gasteiger partial charge in [-0.05, 0) is 49.3 Å². The van der Waals surface area contributed by atoms with Crippen LogP contribution >= 0.6 is 11.8 Å². The highest BCUT2D eigenvalue weighted by Crippen LogP contribution is 2.19. The Bertz CT molecular complexity index is 243. The van der Waals surface area contributed by atoms with Crippen molar-refractivity contribution in [1.82, 2.24) is 0 Å². The average molecular weight is 209 g/mol. The lowest BCUT2D eigenvalue weighted by atomic mass is 10.2. The summed E-state index contributed by atoms with van der Waals surface area (Å²) in [6.45, 7) is 3.00. The van der Waals surface area contributed by atoms with Crippen LogP contribution in [0.3, 0.4) is 0 Å². The van der Waals surface area contributed by atoms with Crippen molar-refractivity contribution in [3.05, 3.63) is 29.8 Å². The lowest BCUT2D eigenvalue weighted by Crippen LogP contribution is -1.98. The maximum absolute atomic E-state index is 5.44. The molecule has 0 aliphatic heterocycles. The second kappa shape index (κ2) is 6.91. The number of hydrogen-bond donors (Lipinski definition) is 1. The molecule has 0 saturated heterocycles. The molecular weight excluding hydrogens is 190 g/mol. The van der Waals surface area contributed by atoms with E-state index in [-0.39, 0.29) is 0 Å². The summed E-state index contributed by atoms with van der Waals surface area (Å²) in [6, 6.07) is 8.86. The second-order valence-corrected chi connectivity index (χ2v) is 4.51.